The average molecular weight is 439 g/mol. The van der Waals surface area contributed by atoms with E-state index in [-0.39, 0.29) is 37.1 Å². The number of nitrogens with one attached hydrogen (secondary N) is 1. The standard InChI is InChI=1S/C20H26N2O5S2/c1-26-14-12-22(13-15-27-2)29(24,25)19-10-4-16(5-11-19)20(23)21-17-6-8-18(28-3)9-7-17/h4-11H,12-15H2,1-3H3,(H,21,23). The maximum absolute atomic E-state index is 12.9. The first kappa shape index (κ1) is 23.4. The van der Waals surface area contributed by atoms with Crippen LogP contribution in [0.4, 0.5) is 5.69 Å². The van der Waals surface area contributed by atoms with E-state index in [2.05, 4.69) is 5.32 Å². The second-order valence-electron chi connectivity index (χ2n) is 6.10. The number of nitrogens with zero attached hydrogens (tertiary/aromatic N) is 1. The summed E-state index contributed by atoms with van der Waals surface area (Å²) in [5.74, 6) is -0.304. The third kappa shape index (κ3) is 6.55. The van der Waals surface area contributed by atoms with E-state index in [0.717, 1.165) is 4.90 Å². The first-order chi connectivity index (χ1) is 13.9. The first-order valence-electron chi connectivity index (χ1n) is 8.96. The molecule has 0 spiro atoms. The van der Waals surface area contributed by atoms with E-state index in [4.69, 9.17) is 9.47 Å². The summed E-state index contributed by atoms with van der Waals surface area (Å²) in [6.45, 7) is 0.991. The lowest BCUT2D eigenvalue weighted by Crippen LogP contribution is -2.36. The Morgan fingerprint density at radius 2 is 1.52 bits per heavy atom. The fourth-order valence-electron chi connectivity index (χ4n) is 2.54. The van der Waals surface area contributed by atoms with Gasteiger partial charge in [0.05, 0.1) is 18.1 Å². The average Bonchev–Trinajstić information content (AvgIpc) is 2.74. The molecule has 29 heavy (non-hydrogen) atoms. The number of methoxy groups -OCH3 is 2. The summed E-state index contributed by atoms with van der Waals surface area (Å²) >= 11 is 1.62. The van der Waals surface area contributed by atoms with Crippen molar-refractivity contribution in [1.82, 2.24) is 4.31 Å². The van der Waals surface area contributed by atoms with E-state index in [9.17, 15) is 13.2 Å². The molecule has 0 atom stereocenters. The van der Waals surface area contributed by atoms with Crippen LogP contribution in [-0.4, -0.2) is 65.4 Å². The van der Waals surface area contributed by atoms with Gasteiger partial charge in [-0.05, 0) is 54.8 Å². The number of ether oxygens (including phenoxy) is 2. The van der Waals surface area contributed by atoms with Crippen LogP contribution >= 0.6 is 11.8 Å². The van der Waals surface area contributed by atoms with Crippen LogP contribution in [0.2, 0.25) is 0 Å². The van der Waals surface area contributed by atoms with Gasteiger partial charge in [-0.25, -0.2) is 8.42 Å². The zero-order chi connectivity index (χ0) is 21.3. The van der Waals surface area contributed by atoms with Crippen molar-refractivity contribution in [3.8, 4) is 0 Å². The summed E-state index contributed by atoms with van der Waals surface area (Å²) in [7, 11) is -0.681. The predicted octanol–water partition coefficient (Wildman–Crippen LogP) is 2.94. The van der Waals surface area contributed by atoms with E-state index in [1.54, 1.807) is 11.8 Å². The molecule has 158 valence electrons. The zero-order valence-electron chi connectivity index (χ0n) is 16.8. The number of hydrogen-bond donors (Lipinski definition) is 1. The number of thioether (sulfide) groups is 1. The van der Waals surface area contributed by atoms with Crippen molar-refractivity contribution in [1.29, 1.82) is 0 Å². The van der Waals surface area contributed by atoms with Crippen LogP contribution in [0, 0.1) is 0 Å². The van der Waals surface area contributed by atoms with E-state index < -0.39 is 10.0 Å². The molecular formula is C20H26N2O5S2. The van der Waals surface area contributed by atoms with Crippen LogP contribution in [0.5, 0.6) is 0 Å². The van der Waals surface area contributed by atoms with Crippen LogP contribution in [0.15, 0.2) is 58.3 Å². The Kier molecular flexibility index (Phi) is 9.12. The number of rotatable bonds is 11. The van der Waals surface area contributed by atoms with Gasteiger partial charge in [-0.3, -0.25) is 4.79 Å². The molecule has 2 rings (SSSR count). The highest BCUT2D eigenvalue weighted by Crippen LogP contribution is 2.19. The van der Waals surface area contributed by atoms with Crippen molar-refractivity contribution in [3.05, 3.63) is 54.1 Å². The number of sulfonamides is 1. The summed E-state index contributed by atoms with van der Waals surface area (Å²) in [4.78, 5) is 13.7. The van der Waals surface area contributed by atoms with E-state index in [1.807, 2.05) is 30.5 Å². The highest BCUT2D eigenvalue weighted by atomic mass is 32.2. The largest absolute Gasteiger partial charge is 0.383 e. The molecule has 1 amide bonds. The number of carbonyl (C=O) groups excluding carboxylic acids is 1. The first-order valence-corrected chi connectivity index (χ1v) is 11.6. The number of hydrogen-bond acceptors (Lipinski definition) is 6. The molecule has 0 heterocycles. The minimum absolute atomic E-state index is 0.116. The number of anilines is 1. The molecule has 0 saturated carbocycles. The highest BCUT2D eigenvalue weighted by Gasteiger charge is 2.24. The van der Waals surface area contributed by atoms with Gasteiger partial charge in [0.2, 0.25) is 10.0 Å². The Balaban J connectivity index is 2.12. The van der Waals surface area contributed by atoms with Crippen LogP contribution in [0.3, 0.4) is 0 Å². The van der Waals surface area contributed by atoms with Crippen molar-refractivity contribution in [2.24, 2.45) is 0 Å². The Labute approximate surface area is 176 Å². The second kappa shape index (κ2) is 11.3. The molecule has 0 aliphatic rings. The van der Waals surface area contributed by atoms with Crippen LogP contribution in [0.25, 0.3) is 0 Å². The molecule has 0 unspecified atom stereocenters. The van der Waals surface area contributed by atoms with Crippen molar-refractivity contribution in [2.75, 3.05) is 52.1 Å². The van der Waals surface area contributed by atoms with Gasteiger partial charge < -0.3 is 14.8 Å². The molecule has 0 saturated heterocycles. The maximum atomic E-state index is 12.9. The summed E-state index contributed by atoms with van der Waals surface area (Å²) in [5, 5.41) is 2.81. The summed E-state index contributed by atoms with van der Waals surface area (Å²) in [5.41, 5.74) is 1.05. The van der Waals surface area contributed by atoms with Gasteiger partial charge in [-0.15, -0.1) is 11.8 Å². The Morgan fingerprint density at radius 1 is 0.966 bits per heavy atom. The quantitative estimate of drug-likeness (QED) is 0.543. The normalized spacial score (nSPS) is 11.6. The SMILES string of the molecule is COCCN(CCOC)S(=O)(=O)c1ccc(C(=O)Nc2ccc(SC)cc2)cc1. The lowest BCUT2D eigenvalue weighted by atomic mass is 10.2. The van der Waals surface area contributed by atoms with Crippen molar-refractivity contribution < 1.29 is 22.7 Å². The predicted molar refractivity (Wildman–Crippen MR) is 115 cm³/mol. The monoisotopic (exact) mass is 438 g/mol. The smallest absolute Gasteiger partial charge is 0.255 e. The molecule has 1 N–H and O–H groups in total. The number of carbonyl (C=O) groups is 1. The minimum atomic E-state index is -3.72. The molecule has 0 aliphatic heterocycles. The van der Waals surface area contributed by atoms with E-state index in [1.165, 1.54) is 42.8 Å². The second-order valence-corrected chi connectivity index (χ2v) is 8.91. The van der Waals surface area contributed by atoms with Crippen LogP contribution in [-0.2, 0) is 19.5 Å². The summed E-state index contributed by atoms with van der Waals surface area (Å²) in [6, 6.07) is 13.4. The minimum Gasteiger partial charge on any atom is -0.383 e. The highest BCUT2D eigenvalue weighted by molar-refractivity contribution is 7.98. The van der Waals surface area contributed by atoms with Gasteiger partial charge in [0.25, 0.3) is 5.91 Å². The van der Waals surface area contributed by atoms with Crippen LogP contribution < -0.4 is 5.32 Å². The van der Waals surface area contributed by atoms with Crippen molar-refractivity contribution in [3.63, 3.8) is 0 Å². The molecule has 0 aromatic heterocycles. The number of amides is 1. The Morgan fingerprint density at radius 3 is 2.00 bits per heavy atom. The topological polar surface area (TPSA) is 84.9 Å². The van der Waals surface area contributed by atoms with Gasteiger partial charge in [-0.2, -0.15) is 4.31 Å². The van der Waals surface area contributed by atoms with Crippen molar-refractivity contribution >= 4 is 33.4 Å². The number of benzene rings is 2. The summed E-state index contributed by atoms with van der Waals surface area (Å²) < 4.78 is 37.1. The van der Waals surface area contributed by atoms with Gasteiger partial charge in [0.15, 0.2) is 0 Å². The molecule has 9 heteroatoms. The van der Waals surface area contributed by atoms with E-state index >= 15 is 0 Å². The van der Waals surface area contributed by atoms with Gasteiger partial charge in [0.1, 0.15) is 0 Å². The third-order valence-corrected chi connectivity index (χ3v) is 6.85. The molecule has 2 aromatic carbocycles. The molecular weight excluding hydrogens is 412 g/mol. The fraction of sp³-hybridized carbons (Fsp3) is 0.350. The molecule has 0 aliphatic carbocycles. The van der Waals surface area contributed by atoms with Crippen molar-refractivity contribution in [2.45, 2.75) is 9.79 Å². The zero-order valence-corrected chi connectivity index (χ0v) is 18.4. The lowest BCUT2D eigenvalue weighted by Gasteiger charge is -2.21. The Hall–Kier alpha value is -1.91. The fourth-order valence-corrected chi connectivity index (χ4v) is 4.36. The molecule has 2 aromatic rings. The Bertz CT molecular complexity index is 876. The molecule has 0 radical (unpaired) electrons. The summed E-state index contributed by atoms with van der Waals surface area (Å²) in [6.07, 6.45) is 1.98. The van der Waals surface area contributed by atoms with Gasteiger partial charge in [0, 0.05) is 43.5 Å². The third-order valence-electron chi connectivity index (χ3n) is 4.19. The van der Waals surface area contributed by atoms with Gasteiger partial charge >= 0.3 is 0 Å². The van der Waals surface area contributed by atoms with Gasteiger partial charge in [-0.1, -0.05) is 0 Å². The molecule has 0 fully saturated rings. The van der Waals surface area contributed by atoms with E-state index in [0.29, 0.717) is 11.3 Å². The molecule has 7 nitrogen and oxygen atoms in total. The molecule has 0 bridgehead atoms. The lowest BCUT2D eigenvalue weighted by molar-refractivity contribution is 0.102. The maximum Gasteiger partial charge on any atom is 0.255 e. The van der Waals surface area contributed by atoms with Crippen LogP contribution in [0.1, 0.15) is 10.4 Å².